The summed E-state index contributed by atoms with van der Waals surface area (Å²) in [6, 6.07) is 0. The van der Waals surface area contributed by atoms with Crippen LogP contribution >= 0.6 is 0 Å². The number of hydrogen-bond donors (Lipinski definition) is 0. The number of nitrogens with zero attached hydrogens (tertiary/aromatic N) is 1. The molecular weight excluding hydrogens is 218 g/mol. The minimum atomic E-state index is 0.174. The average molecular weight is 245 g/mol. The lowest BCUT2D eigenvalue weighted by Crippen LogP contribution is -2.29. The summed E-state index contributed by atoms with van der Waals surface area (Å²) in [5.74, 6) is 0. The summed E-state index contributed by atoms with van der Waals surface area (Å²) in [7, 11) is 2.24. The maximum absolute atomic E-state index is 2.47. The highest BCUT2D eigenvalue weighted by Gasteiger charge is 2.29. The Balaban J connectivity index is 2.46. The Labute approximate surface area is 112 Å². The molecule has 0 aromatic carbocycles. The van der Waals surface area contributed by atoms with Gasteiger partial charge in [-0.2, -0.15) is 0 Å². The van der Waals surface area contributed by atoms with Crippen LogP contribution in [0.25, 0.3) is 0 Å². The molecule has 2 rings (SSSR count). The first kappa shape index (κ1) is 13.6. The molecule has 0 spiro atoms. The molecule has 2 aliphatic rings. The summed E-state index contributed by atoms with van der Waals surface area (Å²) in [5, 5.41) is 0. The second-order valence-corrected chi connectivity index (χ2v) is 7.56. The highest BCUT2D eigenvalue weighted by atomic mass is 15.1. The zero-order valence-electron chi connectivity index (χ0n) is 12.8. The first-order valence-corrected chi connectivity index (χ1v) is 6.98. The number of rotatable bonds is 0. The van der Waals surface area contributed by atoms with E-state index in [1.54, 1.807) is 5.57 Å². The summed E-state index contributed by atoms with van der Waals surface area (Å²) < 4.78 is 0. The predicted molar refractivity (Wildman–Crippen MR) is 79.6 cm³/mol. The van der Waals surface area contributed by atoms with Crippen molar-refractivity contribution in [2.45, 2.75) is 41.0 Å². The third-order valence-corrected chi connectivity index (χ3v) is 3.77. The molecule has 100 valence electrons. The van der Waals surface area contributed by atoms with Gasteiger partial charge in [0.25, 0.3) is 0 Å². The van der Waals surface area contributed by atoms with E-state index in [2.05, 4.69) is 64.8 Å². The molecule has 0 unspecified atom stereocenters. The average Bonchev–Trinajstić information content (AvgIpc) is 2.25. The van der Waals surface area contributed by atoms with E-state index in [1.165, 1.54) is 24.1 Å². The molecule has 1 fully saturated rings. The molecule has 0 N–H and O–H groups in total. The van der Waals surface area contributed by atoms with E-state index in [1.807, 2.05) is 0 Å². The van der Waals surface area contributed by atoms with E-state index in [-0.39, 0.29) is 5.41 Å². The molecule has 0 radical (unpaired) electrons. The van der Waals surface area contributed by atoms with Crippen LogP contribution in [-0.4, -0.2) is 25.0 Å². The summed E-state index contributed by atoms with van der Waals surface area (Å²) in [6.45, 7) is 13.8. The molecule has 0 amide bonds. The van der Waals surface area contributed by atoms with Crippen LogP contribution in [0.15, 0.2) is 34.9 Å². The van der Waals surface area contributed by atoms with Crippen molar-refractivity contribution in [2.75, 3.05) is 20.1 Å². The minimum absolute atomic E-state index is 0.174. The lowest BCUT2D eigenvalue weighted by Gasteiger charge is -2.26. The molecule has 1 aliphatic carbocycles. The summed E-state index contributed by atoms with van der Waals surface area (Å²) in [4.78, 5) is 2.46. The van der Waals surface area contributed by atoms with Gasteiger partial charge in [-0.15, -0.1) is 0 Å². The zero-order valence-corrected chi connectivity index (χ0v) is 12.8. The predicted octanol–water partition coefficient (Wildman–Crippen LogP) is 4.19. The van der Waals surface area contributed by atoms with Crippen molar-refractivity contribution >= 4 is 0 Å². The molecule has 1 saturated heterocycles. The quantitative estimate of drug-likeness (QED) is 0.618. The molecule has 0 aromatic heterocycles. The van der Waals surface area contributed by atoms with Gasteiger partial charge in [-0.1, -0.05) is 51.5 Å². The van der Waals surface area contributed by atoms with Crippen molar-refractivity contribution in [3.8, 4) is 0 Å². The van der Waals surface area contributed by atoms with Crippen LogP contribution in [0.5, 0.6) is 0 Å². The van der Waals surface area contributed by atoms with Crippen LogP contribution in [-0.2, 0) is 0 Å². The summed E-state index contributed by atoms with van der Waals surface area (Å²) >= 11 is 0. The second kappa shape index (κ2) is 4.38. The van der Waals surface area contributed by atoms with Crippen molar-refractivity contribution < 1.29 is 0 Å². The Hall–Kier alpha value is -0.820. The van der Waals surface area contributed by atoms with E-state index in [4.69, 9.17) is 0 Å². The molecular formula is C17H27N. The van der Waals surface area contributed by atoms with E-state index in [0.29, 0.717) is 5.41 Å². The molecule has 1 aliphatic heterocycles. The minimum Gasteiger partial charge on any atom is -0.302 e. The van der Waals surface area contributed by atoms with E-state index < -0.39 is 0 Å². The van der Waals surface area contributed by atoms with Gasteiger partial charge < -0.3 is 4.90 Å². The lowest BCUT2D eigenvalue weighted by atomic mass is 9.83. The van der Waals surface area contributed by atoms with Gasteiger partial charge in [0.2, 0.25) is 0 Å². The Kier molecular flexibility index (Phi) is 3.31. The van der Waals surface area contributed by atoms with Gasteiger partial charge in [-0.3, -0.25) is 0 Å². The maximum Gasteiger partial charge on any atom is 0.0230 e. The maximum atomic E-state index is 2.47. The van der Waals surface area contributed by atoms with Crippen LogP contribution in [0, 0.1) is 10.8 Å². The number of likely N-dealkylation sites (tertiary alicyclic amines) is 1. The van der Waals surface area contributed by atoms with Crippen molar-refractivity contribution in [1.82, 2.24) is 4.90 Å². The smallest absolute Gasteiger partial charge is 0.0230 e. The topological polar surface area (TPSA) is 3.24 Å². The number of allylic oxidation sites excluding steroid dienone is 4. The zero-order chi connectivity index (χ0) is 13.6. The molecule has 1 heteroatoms. The number of hydrogen-bond acceptors (Lipinski definition) is 1. The Bertz CT molecular complexity index is 433. The van der Waals surface area contributed by atoms with Gasteiger partial charge in [-0.25, -0.2) is 0 Å². The molecule has 0 aromatic rings. The highest BCUT2D eigenvalue weighted by Crippen LogP contribution is 2.38. The van der Waals surface area contributed by atoms with Gasteiger partial charge in [-0.05, 0) is 37.0 Å². The number of fused-ring (bicyclic) bond motifs is 1. The highest BCUT2D eigenvalue weighted by molar-refractivity contribution is 5.44. The summed E-state index contributed by atoms with van der Waals surface area (Å²) in [5.41, 5.74) is 5.02. The molecule has 1 heterocycles. The Morgan fingerprint density at radius 3 is 2.39 bits per heavy atom. The monoisotopic (exact) mass is 245 g/mol. The van der Waals surface area contributed by atoms with Gasteiger partial charge >= 0.3 is 0 Å². The van der Waals surface area contributed by atoms with Crippen LogP contribution in [0.3, 0.4) is 0 Å². The van der Waals surface area contributed by atoms with Crippen LogP contribution in [0.4, 0.5) is 0 Å². The third-order valence-electron chi connectivity index (χ3n) is 3.77. The van der Waals surface area contributed by atoms with Gasteiger partial charge in [0, 0.05) is 18.5 Å². The molecule has 1 nitrogen and oxygen atoms in total. The fraction of sp³-hybridized carbons (Fsp3) is 0.647. The Morgan fingerprint density at radius 1 is 1.06 bits per heavy atom. The van der Waals surface area contributed by atoms with Crippen molar-refractivity contribution in [3.63, 3.8) is 0 Å². The lowest BCUT2D eigenvalue weighted by molar-refractivity contribution is 0.236. The first-order chi connectivity index (χ1) is 8.17. The van der Waals surface area contributed by atoms with Gasteiger partial charge in [0.05, 0.1) is 0 Å². The first-order valence-electron chi connectivity index (χ1n) is 6.98. The van der Waals surface area contributed by atoms with Crippen LogP contribution in [0.1, 0.15) is 41.0 Å². The van der Waals surface area contributed by atoms with Crippen molar-refractivity contribution in [2.24, 2.45) is 10.8 Å². The van der Waals surface area contributed by atoms with Crippen molar-refractivity contribution in [1.29, 1.82) is 0 Å². The largest absolute Gasteiger partial charge is 0.302 e. The van der Waals surface area contributed by atoms with E-state index in [9.17, 15) is 0 Å². The fourth-order valence-corrected chi connectivity index (χ4v) is 3.54. The van der Waals surface area contributed by atoms with E-state index >= 15 is 0 Å². The normalized spacial score (nSPS) is 27.3. The SMILES string of the molecule is CC1=CC(C)(C)C=C2CN(C)CC(C)(C)CC2=C1. The Morgan fingerprint density at radius 2 is 1.72 bits per heavy atom. The van der Waals surface area contributed by atoms with Gasteiger partial charge in [0.1, 0.15) is 0 Å². The molecule has 0 saturated carbocycles. The second-order valence-electron chi connectivity index (χ2n) is 7.56. The van der Waals surface area contributed by atoms with E-state index in [0.717, 1.165) is 6.54 Å². The molecule has 0 atom stereocenters. The van der Waals surface area contributed by atoms with Gasteiger partial charge in [0.15, 0.2) is 0 Å². The summed E-state index contributed by atoms with van der Waals surface area (Å²) in [6.07, 6.45) is 8.44. The fourth-order valence-electron chi connectivity index (χ4n) is 3.54. The third kappa shape index (κ3) is 3.14. The standard InChI is InChI=1S/C17H27N/c1-13-7-14-9-17(4,5)12-18(6)11-15(14)10-16(2,3)8-13/h7-8,10H,9,11-12H2,1-6H3. The molecule has 0 bridgehead atoms. The van der Waals surface area contributed by atoms with Crippen LogP contribution < -0.4 is 0 Å². The number of likely N-dealkylation sites (N-methyl/N-ethyl adjacent to an activating group) is 1. The van der Waals surface area contributed by atoms with Crippen LogP contribution in [0.2, 0.25) is 0 Å². The van der Waals surface area contributed by atoms with Crippen molar-refractivity contribution in [3.05, 3.63) is 34.9 Å². The molecule has 18 heavy (non-hydrogen) atoms.